The minimum absolute atomic E-state index is 0.313. The minimum Gasteiger partial charge on any atom is -0.461 e. The first kappa shape index (κ1) is 16.1. The van der Waals surface area contributed by atoms with Gasteiger partial charge in [0, 0.05) is 9.58 Å². The summed E-state index contributed by atoms with van der Waals surface area (Å²) >= 11 is 3.32. The fourth-order valence-electron chi connectivity index (χ4n) is 2.41. The van der Waals surface area contributed by atoms with Crippen LogP contribution in [0.5, 0.6) is 0 Å². The second-order valence-corrected chi connectivity index (χ2v) is 7.93. The van der Waals surface area contributed by atoms with Gasteiger partial charge in [0.15, 0.2) is 5.69 Å². The van der Waals surface area contributed by atoms with Crippen molar-refractivity contribution in [2.24, 2.45) is 5.92 Å². The fourth-order valence-corrected chi connectivity index (χ4v) is 4.78. The SMILES string of the molecule is CCOC(=O)c1nc(-c2cc3ccccc3s2)sc1CC(C)C. The molecule has 1 aromatic carbocycles. The number of nitrogens with zero attached hydrogens (tertiary/aromatic N) is 1. The van der Waals surface area contributed by atoms with E-state index in [1.165, 1.54) is 10.1 Å². The lowest BCUT2D eigenvalue weighted by Crippen LogP contribution is -2.08. The average molecular weight is 345 g/mol. The number of thiazole rings is 1. The van der Waals surface area contributed by atoms with Gasteiger partial charge in [0.05, 0.1) is 11.5 Å². The normalized spacial score (nSPS) is 11.3. The zero-order valence-electron chi connectivity index (χ0n) is 13.5. The number of ether oxygens (including phenoxy) is 1. The Hall–Kier alpha value is -1.72. The molecule has 0 amide bonds. The number of fused-ring (bicyclic) bond motifs is 1. The van der Waals surface area contributed by atoms with E-state index < -0.39 is 0 Å². The van der Waals surface area contributed by atoms with Crippen molar-refractivity contribution in [2.45, 2.75) is 27.2 Å². The molecule has 0 fully saturated rings. The van der Waals surface area contributed by atoms with E-state index in [-0.39, 0.29) is 5.97 Å². The summed E-state index contributed by atoms with van der Waals surface area (Å²) in [5.41, 5.74) is 0.484. The van der Waals surface area contributed by atoms with Crippen LogP contribution >= 0.6 is 22.7 Å². The van der Waals surface area contributed by atoms with Gasteiger partial charge in [0.1, 0.15) is 5.01 Å². The van der Waals surface area contributed by atoms with Gasteiger partial charge in [-0.2, -0.15) is 0 Å². The second-order valence-electron chi connectivity index (χ2n) is 5.76. The Kier molecular flexibility index (Phi) is 4.78. The number of thiophene rings is 1. The number of hydrogen-bond acceptors (Lipinski definition) is 5. The van der Waals surface area contributed by atoms with E-state index in [4.69, 9.17) is 4.74 Å². The minimum atomic E-state index is -0.313. The van der Waals surface area contributed by atoms with Gasteiger partial charge in [-0.25, -0.2) is 9.78 Å². The van der Waals surface area contributed by atoms with Crippen LogP contribution in [0.25, 0.3) is 20.0 Å². The van der Waals surface area contributed by atoms with Crippen LogP contribution in [0.15, 0.2) is 30.3 Å². The van der Waals surface area contributed by atoms with Crippen LogP contribution in [0.3, 0.4) is 0 Å². The molecule has 5 heteroatoms. The van der Waals surface area contributed by atoms with Crippen LogP contribution in [-0.2, 0) is 11.2 Å². The van der Waals surface area contributed by atoms with Crippen molar-refractivity contribution in [3.05, 3.63) is 40.9 Å². The summed E-state index contributed by atoms with van der Waals surface area (Å²) < 4.78 is 6.40. The van der Waals surface area contributed by atoms with E-state index in [1.807, 2.05) is 19.1 Å². The van der Waals surface area contributed by atoms with Gasteiger partial charge in [0.2, 0.25) is 0 Å². The van der Waals surface area contributed by atoms with Crippen molar-refractivity contribution < 1.29 is 9.53 Å². The van der Waals surface area contributed by atoms with Crippen LogP contribution in [0.2, 0.25) is 0 Å². The van der Waals surface area contributed by atoms with Crippen LogP contribution in [-0.4, -0.2) is 17.6 Å². The van der Waals surface area contributed by atoms with Crippen molar-refractivity contribution in [3.63, 3.8) is 0 Å². The molecular weight excluding hydrogens is 326 g/mol. The van der Waals surface area contributed by atoms with Crippen LogP contribution in [0, 0.1) is 5.92 Å². The van der Waals surface area contributed by atoms with E-state index in [2.05, 4.69) is 37.0 Å². The highest BCUT2D eigenvalue weighted by atomic mass is 32.1. The molecule has 0 atom stereocenters. The first-order chi connectivity index (χ1) is 11.1. The van der Waals surface area contributed by atoms with E-state index in [1.54, 1.807) is 22.7 Å². The molecule has 23 heavy (non-hydrogen) atoms. The molecule has 0 spiro atoms. The third-order valence-corrected chi connectivity index (χ3v) is 5.76. The van der Waals surface area contributed by atoms with Gasteiger partial charge >= 0.3 is 5.97 Å². The Labute approximate surface area is 144 Å². The standard InChI is InChI=1S/C18H19NO2S2/c1-4-21-18(20)16-14(9-11(2)3)23-17(19-16)15-10-12-7-5-6-8-13(12)22-15/h5-8,10-11H,4,9H2,1-3H3. The summed E-state index contributed by atoms with van der Waals surface area (Å²) in [5.74, 6) is 0.158. The molecule has 0 radical (unpaired) electrons. The summed E-state index contributed by atoms with van der Waals surface area (Å²) in [6.45, 7) is 6.48. The lowest BCUT2D eigenvalue weighted by molar-refractivity contribution is 0.0519. The second kappa shape index (κ2) is 6.81. The van der Waals surface area contributed by atoms with Gasteiger partial charge in [-0.15, -0.1) is 22.7 Å². The van der Waals surface area contributed by atoms with Gasteiger partial charge in [-0.05, 0) is 36.8 Å². The van der Waals surface area contributed by atoms with Crippen molar-refractivity contribution in [1.29, 1.82) is 0 Å². The van der Waals surface area contributed by atoms with Crippen LogP contribution in [0.1, 0.15) is 36.1 Å². The molecule has 0 N–H and O–H groups in total. The molecule has 0 aliphatic heterocycles. The lowest BCUT2D eigenvalue weighted by atomic mass is 10.1. The molecule has 0 unspecified atom stereocenters. The van der Waals surface area contributed by atoms with Crippen LogP contribution < -0.4 is 0 Å². The number of hydrogen-bond donors (Lipinski definition) is 0. The molecule has 0 aliphatic rings. The number of carbonyl (C=O) groups excluding carboxylic acids is 1. The lowest BCUT2D eigenvalue weighted by Gasteiger charge is -2.04. The maximum atomic E-state index is 12.2. The molecule has 3 rings (SSSR count). The first-order valence-corrected chi connectivity index (χ1v) is 9.37. The smallest absolute Gasteiger partial charge is 0.358 e. The number of carbonyl (C=O) groups is 1. The summed E-state index contributed by atoms with van der Waals surface area (Å²) in [5, 5.41) is 2.12. The fraction of sp³-hybridized carbons (Fsp3) is 0.333. The predicted molar refractivity (Wildman–Crippen MR) is 97.4 cm³/mol. The molecular formula is C18H19NO2S2. The Balaban J connectivity index is 2.03. The maximum Gasteiger partial charge on any atom is 0.358 e. The Morgan fingerprint density at radius 2 is 2.04 bits per heavy atom. The number of esters is 1. The summed E-state index contributed by atoms with van der Waals surface area (Å²) in [4.78, 5) is 18.9. The zero-order valence-corrected chi connectivity index (χ0v) is 15.1. The number of rotatable bonds is 5. The zero-order chi connectivity index (χ0) is 16.4. The molecule has 3 nitrogen and oxygen atoms in total. The number of aromatic nitrogens is 1. The predicted octanol–water partition coefficient (Wildman–Crippen LogP) is 5.40. The van der Waals surface area contributed by atoms with Crippen LogP contribution in [0.4, 0.5) is 0 Å². The van der Waals surface area contributed by atoms with Gasteiger partial charge in [-0.3, -0.25) is 0 Å². The summed E-state index contributed by atoms with van der Waals surface area (Å²) in [7, 11) is 0. The Morgan fingerprint density at radius 3 is 2.74 bits per heavy atom. The van der Waals surface area contributed by atoms with Crippen molar-refractivity contribution in [1.82, 2.24) is 4.98 Å². The highest BCUT2D eigenvalue weighted by Gasteiger charge is 2.21. The molecule has 120 valence electrons. The molecule has 0 aliphatic carbocycles. The topological polar surface area (TPSA) is 39.2 Å². The molecule has 0 bridgehead atoms. The average Bonchev–Trinajstić information content (AvgIpc) is 3.10. The highest BCUT2D eigenvalue weighted by Crippen LogP contribution is 2.37. The third kappa shape index (κ3) is 3.46. The molecule has 3 aromatic rings. The quantitative estimate of drug-likeness (QED) is 0.581. The van der Waals surface area contributed by atoms with Gasteiger partial charge in [-0.1, -0.05) is 32.0 Å². The molecule has 2 aromatic heterocycles. The maximum absolute atomic E-state index is 12.2. The molecule has 2 heterocycles. The monoisotopic (exact) mass is 345 g/mol. The van der Waals surface area contributed by atoms with Crippen molar-refractivity contribution >= 4 is 38.7 Å². The summed E-state index contributed by atoms with van der Waals surface area (Å²) in [6, 6.07) is 10.4. The van der Waals surface area contributed by atoms with E-state index in [9.17, 15) is 4.79 Å². The van der Waals surface area contributed by atoms with E-state index in [0.717, 1.165) is 21.2 Å². The van der Waals surface area contributed by atoms with Gasteiger partial charge < -0.3 is 4.74 Å². The Morgan fingerprint density at radius 1 is 1.26 bits per heavy atom. The number of benzene rings is 1. The van der Waals surface area contributed by atoms with Crippen molar-refractivity contribution in [2.75, 3.05) is 6.61 Å². The first-order valence-electron chi connectivity index (χ1n) is 7.74. The molecule has 0 saturated carbocycles. The highest BCUT2D eigenvalue weighted by molar-refractivity contribution is 7.26. The third-order valence-electron chi connectivity index (χ3n) is 3.40. The Bertz CT molecular complexity index is 800. The van der Waals surface area contributed by atoms with E-state index >= 15 is 0 Å². The molecule has 0 saturated heterocycles. The van der Waals surface area contributed by atoms with Crippen molar-refractivity contribution in [3.8, 4) is 9.88 Å². The van der Waals surface area contributed by atoms with E-state index in [0.29, 0.717) is 18.2 Å². The largest absolute Gasteiger partial charge is 0.461 e. The van der Waals surface area contributed by atoms with Gasteiger partial charge in [0.25, 0.3) is 0 Å². The summed E-state index contributed by atoms with van der Waals surface area (Å²) in [6.07, 6.45) is 0.844.